The van der Waals surface area contributed by atoms with Crippen LogP contribution >= 0.6 is 0 Å². The second-order valence-electron chi connectivity index (χ2n) is 4.44. The maximum absolute atomic E-state index is 12.0. The molecule has 1 fully saturated rings. The molecular formula is C12H14N6O. The fourth-order valence-corrected chi connectivity index (χ4v) is 2.21. The van der Waals surface area contributed by atoms with Crippen LogP contribution < -0.4 is 10.6 Å². The highest BCUT2D eigenvalue weighted by Gasteiger charge is 2.33. The van der Waals surface area contributed by atoms with Gasteiger partial charge >= 0.3 is 0 Å². The minimum atomic E-state index is -0.0503. The fourth-order valence-electron chi connectivity index (χ4n) is 2.21. The minimum Gasteiger partial charge on any atom is -0.330 e. The van der Waals surface area contributed by atoms with Gasteiger partial charge in [-0.2, -0.15) is 15.6 Å². The van der Waals surface area contributed by atoms with Crippen molar-refractivity contribution in [1.82, 2.24) is 9.78 Å². The van der Waals surface area contributed by atoms with Crippen molar-refractivity contribution in [1.29, 1.82) is 10.5 Å². The Balaban J connectivity index is 2.33. The van der Waals surface area contributed by atoms with E-state index in [1.165, 1.54) is 6.20 Å². The van der Waals surface area contributed by atoms with Crippen LogP contribution in [0, 0.1) is 28.6 Å². The summed E-state index contributed by atoms with van der Waals surface area (Å²) >= 11 is 0. The first-order valence-corrected chi connectivity index (χ1v) is 6.04. The summed E-state index contributed by atoms with van der Waals surface area (Å²) < 4.78 is 1.54. The molecule has 0 aromatic carbocycles. The van der Waals surface area contributed by atoms with Crippen LogP contribution in [0.1, 0.15) is 18.4 Å². The van der Waals surface area contributed by atoms with E-state index >= 15 is 0 Å². The zero-order chi connectivity index (χ0) is 13.8. The summed E-state index contributed by atoms with van der Waals surface area (Å²) in [5.41, 5.74) is 5.94. The van der Waals surface area contributed by atoms with Gasteiger partial charge in [0.05, 0.1) is 25.2 Å². The molecule has 1 aliphatic rings. The third-order valence-electron chi connectivity index (χ3n) is 3.16. The average molecular weight is 258 g/mol. The highest BCUT2D eigenvalue weighted by molar-refractivity contribution is 5.96. The molecule has 1 amide bonds. The van der Waals surface area contributed by atoms with Gasteiger partial charge in [0.1, 0.15) is 11.6 Å². The Hall–Kier alpha value is -2.38. The molecular weight excluding hydrogens is 244 g/mol. The Labute approximate surface area is 110 Å². The first kappa shape index (κ1) is 13.1. The van der Waals surface area contributed by atoms with Crippen LogP contribution in [-0.4, -0.2) is 28.8 Å². The number of hydrogen-bond donors (Lipinski definition) is 1. The maximum atomic E-state index is 12.0. The number of hydrogen-bond acceptors (Lipinski definition) is 5. The van der Waals surface area contributed by atoms with Crippen molar-refractivity contribution < 1.29 is 4.79 Å². The summed E-state index contributed by atoms with van der Waals surface area (Å²) in [4.78, 5) is 13.5. The Morgan fingerprint density at radius 1 is 1.53 bits per heavy atom. The van der Waals surface area contributed by atoms with E-state index in [2.05, 4.69) is 5.10 Å². The quantitative estimate of drug-likeness (QED) is 0.815. The van der Waals surface area contributed by atoms with Crippen LogP contribution in [0.3, 0.4) is 0 Å². The van der Waals surface area contributed by atoms with Gasteiger partial charge in [0, 0.05) is 13.0 Å². The zero-order valence-electron chi connectivity index (χ0n) is 10.4. The molecule has 1 aromatic heterocycles. The fraction of sp³-hybridized carbons (Fsp3) is 0.500. The predicted molar refractivity (Wildman–Crippen MR) is 66.7 cm³/mol. The molecule has 1 aromatic rings. The van der Waals surface area contributed by atoms with Crippen molar-refractivity contribution in [3.05, 3.63) is 11.8 Å². The van der Waals surface area contributed by atoms with Crippen LogP contribution in [0.5, 0.6) is 0 Å². The maximum Gasteiger partial charge on any atom is 0.228 e. The first-order chi connectivity index (χ1) is 9.21. The number of rotatable bonds is 4. The Bertz CT molecular complexity index is 564. The summed E-state index contributed by atoms with van der Waals surface area (Å²) in [5.74, 6) is 0.544. The minimum absolute atomic E-state index is 0.0503. The van der Waals surface area contributed by atoms with Gasteiger partial charge in [-0.3, -0.25) is 9.69 Å². The van der Waals surface area contributed by atoms with Crippen LogP contribution in [0.4, 0.5) is 5.82 Å². The van der Waals surface area contributed by atoms with Gasteiger partial charge in [-0.1, -0.05) is 0 Å². The smallest absolute Gasteiger partial charge is 0.228 e. The van der Waals surface area contributed by atoms with Crippen molar-refractivity contribution in [2.45, 2.75) is 19.4 Å². The van der Waals surface area contributed by atoms with E-state index in [0.717, 1.165) is 0 Å². The normalized spacial score (nSPS) is 18.4. The van der Waals surface area contributed by atoms with Gasteiger partial charge in [0.15, 0.2) is 5.82 Å². The van der Waals surface area contributed by atoms with E-state index in [1.54, 1.807) is 9.58 Å². The molecule has 1 saturated heterocycles. The molecule has 0 saturated carbocycles. The van der Waals surface area contributed by atoms with E-state index in [-0.39, 0.29) is 18.2 Å². The molecule has 0 bridgehead atoms. The molecule has 2 heterocycles. The molecule has 1 atom stereocenters. The molecule has 1 unspecified atom stereocenters. The average Bonchev–Trinajstić information content (AvgIpc) is 2.98. The molecule has 1 aliphatic heterocycles. The van der Waals surface area contributed by atoms with Crippen LogP contribution in [0.25, 0.3) is 0 Å². The van der Waals surface area contributed by atoms with Crippen molar-refractivity contribution >= 4 is 11.7 Å². The van der Waals surface area contributed by atoms with E-state index in [4.69, 9.17) is 16.3 Å². The summed E-state index contributed by atoms with van der Waals surface area (Å²) in [5, 5.41) is 21.8. The third kappa shape index (κ3) is 2.42. The summed E-state index contributed by atoms with van der Waals surface area (Å²) in [7, 11) is 0. The highest BCUT2D eigenvalue weighted by atomic mass is 16.2. The van der Waals surface area contributed by atoms with Crippen molar-refractivity contribution in [3.63, 3.8) is 0 Å². The van der Waals surface area contributed by atoms with Gasteiger partial charge in [0.25, 0.3) is 0 Å². The summed E-state index contributed by atoms with van der Waals surface area (Å²) in [6.07, 6.45) is 2.10. The number of nitrogens with two attached hydrogens (primary N) is 1. The molecule has 2 N–H and O–H groups in total. The van der Waals surface area contributed by atoms with E-state index in [0.29, 0.717) is 37.4 Å². The number of nitrogens with zero attached hydrogens (tertiary/aromatic N) is 5. The lowest BCUT2D eigenvalue weighted by molar-refractivity contribution is -0.117. The second kappa shape index (κ2) is 5.51. The molecule has 2 rings (SSSR count). The van der Waals surface area contributed by atoms with Crippen molar-refractivity contribution in [2.24, 2.45) is 11.7 Å². The number of carbonyl (C=O) groups excluding carboxylic acids is 1. The second-order valence-corrected chi connectivity index (χ2v) is 4.44. The van der Waals surface area contributed by atoms with E-state index < -0.39 is 0 Å². The molecule has 0 radical (unpaired) electrons. The van der Waals surface area contributed by atoms with E-state index in [9.17, 15) is 4.79 Å². The van der Waals surface area contributed by atoms with Crippen molar-refractivity contribution in [2.75, 3.05) is 18.0 Å². The first-order valence-electron chi connectivity index (χ1n) is 6.04. The topological polar surface area (TPSA) is 112 Å². The SMILES string of the molecule is N#CCCn1ncc(C#N)c1N1CC(CN)CC1=O. The highest BCUT2D eigenvalue weighted by Crippen LogP contribution is 2.27. The lowest BCUT2D eigenvalue weighted by atomic mass is 10.1. The summed E-state index contributed by atoms with van der Waals surface area (Å²) in [6, 6.07) is 4.06. The Morgan fingerprint density at radius 2 is 2.32 bits per heavy atom. The molecule has 98 valence electrons. The third-order valence-corrected chi connectivity index (χ3v) is 3.16. The number of amides is 1. The van der Waals surface area contributed by atoms with Gasteiger partial charge in [-0.25, -0.2) is 4.68 Å². The lowest BCUT2D eigenvalue weighted by Gasteiger charge is -2.18. The molecule has 7 nitrogen and oxygen atoms in total. The Morgan fingerprint density at radius 3 is 2.89 bits per heavy atom. The molecule has 7 heteroatoms. The van der Waals surface area contributed by atoms with Crippen LogP contribution in [0.2, 0.25) is 0 Å². The lowest BCUT2D eigenvalue weighted by Crippen LogP contribution is -2.29. The van der Waals surface area contributed by atoms with Gasteiger partial charge in [0.2, 0.25) is 5.91 Å². The van der Waals surface area contributed by atoms with Gasteiger partial charge in [-0.15, -0.1) is 0 Å². The van der Waals surface area contributed by atoms with Gasteiger partial charge in [-0.05, 0) is 12.5 Å². The number of nitriles is 2. The monoisotopic (exact) mass is 258 g/mol. The number of aromatic nitrogens is 2. The van der Waals surface area contributed by atoms with E-state index in [1.807, 2.05) is 12.1 Å². The van der Waals surface area contributed by atoms with Crippen molar-refractivity contribution in [3.8, 4) is 12.1 Å². The number of aryl methyl sites for hydroxylation is 1. The molecule has 19 heavy (non-hydrogen) atoms. The number of anilines is 1. The predicted octanol–water partition coefficient (Wildman–Crippen LogP) is -0.0199. The number of carbonyl (C=O) groups is 1. The van der Waals surface area contributed by atoms with Crippen LogP contribution in [-0.2, 0) is 11.3 Å². The molecule has 0 aliphatic carbocycles. The Kier molecular flexibility index (Phi) is 3.79. The zero-order valence-corrected chi connectivity index (χ0v) is 10.4. The standard InChI is InChI=1S/C12H14N6O/c13-2-1-3-18-12(10(6-15)7-16-18)17-8-9(5-14)4-11(17)19/h7,9H,1,3-5,8,14H2. The largest absolute Gasteiger partial charge is 0.330 e. The van der Waals surface area contributed by atoms with Crippen LogP contribution in [0.15, 0.2) is 6.20 Å². The van der Waals surface area contributed by atoms with Gasteiger partial charge < -0.3 is 5.73 Å². The summed E-state index contributed by atoms with van der Waals surface area (Å²) in [6.45, 7) is 1.31. The molecule has 0 spiro atoms.